The average molecular weight is 320 g/mol. The van der Waals surface area contributed by atoms with E-state index in [-0.39, 0.29) is 0 Å². The predicted molar refractivity (Wildman–Crippen MR) is 97.3 cm³/mol. The molecule has 0 bridgehead atoms. The van der Waals surface area contributed by atoms with Gasteiger partial charge in [0.1, 0.15) is 11.5 Å². The number of nitrogens with two attached hydrogens (primary N) is 1. The van der Waals surface area contributed by atoms with Gasteiger partial charge in [0, 0.05) is 23.1 Å². The van der Waals surface area contributed by atoms with Crippen LogP contribution in [0.1, 0.15) is 16.7 Å². The number of rotatable bonds is 5. The Morgan fingerprint density at radius 3 is 2.33 bits per heavy atom. The highest BCUT2D eigenvalue weighted by Crippen LogP contribution is 2.32. The predicted octanol–water partition coefficient (Wildman–Crippen LogP) is 3.73. The molecular weight excluding hydrogens is 300 g/mol. The largest absolute Gasteiger partial charge is 0.497 e. The third-order valence-electron chi connectivity index (χ3n) is 4.17. The lowest BCUT2D eigenvalue weighted by Crippen LogP contribution is -2.06. The fourth-order valence-corrected chi connectivity index (χ4v) is 2.93. The average Bonchev–Trinajstić information content (AvgIpc) is 2.66. The van der Waals surface area contributed by atoms with E-state index in [1.807, 2.05) is 54.6 Å². The number of hydrogen-bond donors (Lipinski definition) is 2. The molecule has 0 aliphatic rings. The molecule has 0 amide bonds. The Morgan fingerprint density at radius 1 is 0.958 bits per heavy atom. The molecule has 3 rings (SSSR count). The van der Waals surface area contributed by atoms with E-state index in [0.717, 1.165) is 39.0 Å². The summed E-state index contributed by atoms with van der Waals surface area (Å²) in [4.78, 5) is 0. The summed E-state index contributed by atoms with van der Waals surface area (Å²) in [5, 5.41) is 10.6. The van der Waals surface area contributed by atoms with Crippen LogP contribution in [0.15, 0.2) is 54.6 Å². The van der Waals surface area contributed by atoms with Crippen LogP contribution in [-0.4, -0.2) is 19.9 Å². The van der Waals surface area contributed by atoms with Gasteiger partial charge in [-0.05, 0) is 47.3 Å². The molecule has 0 unspecified atom stereocenters. The number of ether oxygens (including phenoxy) is 2. The standard InChI is InChI=1S/C20H20N2O2/c1-23-15-8-6-13(7-9-15)20(22)17-10-11-18(24-2)16-5-3-4-14(12-21)19(16)17/h3-11,22H,12,21H2,1-2H3. The first-order valence-electron chi connectivity index (χ1n) is 7.71. The van der Waals surface area contributed by atoms with E-state index in [1.165, 1.54) is 0 Å². The van der Waals surface area contributed by atoms with Crippen LogP contribution in [0, 0.1) is 5.41 Å². The summed E-state index contributed by atoms with van der Waals surface area (Å²) < 4.78 is 10.7. The molecule has 4 heteroatoms. The zero-order chi connectivity index (χ0) is 17.1. The maximum Gasteiger partial charge on any atom is 0.126 e. The van der Waals surface area contributed by atoms with Crippen molar-refractivity contribution in [2.45, 2.75) is 6.54 Å². The van der Waals surface area contributed by atoms with Gasteiger partial charge in [0.05, 0.1) is 19.9 Å². The zero-order valence-electron chi connectivity index (χ0n) is 13.8. The molecule has 0 spiro atoms. The van der Waals surface area contributed by atoms with Gasteiger partial charge in [-0.2, -0.15) is 0 Å². The third-order valence-corrected chi connectivity index (χ3v) is 4.17. The highest BCUT2D eigenvalue weighted by atomic mass is 16.5. The monoisotopic (exact) mass is 320 g/mol. The zero-order valence-corrected chi connectivity index (χ0v) is 13.8. The fraction of sp³-hybridized carbons (Fsp3) is 0.150. The molecule has 0 aromatic heterocycles. The van der Waals surface area contributed by atoms with Crippen molar-refractivity contribution in [1.29, 1.82) is 5.41 Å². The highest BCUT2D eigenvalue weighted by molar-refractivity contribution is 6.19. The van der Waals surface area contributed by atoms with Crippen LogP contribution in [0.2, 0.25) is 0 Å². The summed E-state index contributed by atoms with van der Waals surface area (Å²) in [7, 11) is 3.28. The van der Waals surface area contributed by atoms with Crippen LogP contribution in [0.4, 0.5) is 0 Å². The molecule has 24 heavy (non-hydrogen) atoms. The van der Waals surface area contributed by atoms with Crippen molar-refractivity contribution >= 4 is 16.5 Å². The minimum Gasteiger partial charge on any atom is -0.497 e. The van der Waals surface area contributed by atoms with Crippen LogP contribution >= 0.6 is 0 Å². The van der Waals surface area contributed by atoms with E-state index in [9.17, 15) is 0 Å². The molecule has 3 aromatic rings. The normalized spacial score (nSPS) is 10.6. The Kier molecular flexibility index (Phi) is 4.49. The maximum atomic E-state index is 8.66. The minimum absolute atomic E-state index is 0.410. The molecule has 0 heterocycles. The summed E-state index contributed by atoms with van der Waals surface area (Å²) in [6, 6.07) is 17.3. The van der Waals surface area contributed by atoms with E-state index in [4.69, 9.17) is 20.6 Å². The van der Waals surface area contributed by atoms with Gasteiger partial charge in [-0.1, -0.05) is 18.2 Å². The van der Waals surface area contributed by atoms with Crippen LogP contribution in [0.25, 0.3) is 10.8 Å². The number of fused-ring (bicyclic) bond motifs is 1. The number of benzene rings is 3. The Hall–Kier alpha value is -2.85. The van der Waals surface area contributed by atoms with Gasteiger partial charge in [0.25, 0.3) is 0 Å². The SMILES string of the molecule is COc1ccc(C(=N)c2ccc(OC)c3cccc(CN)c23)cc1. The topological polar surface area (TPSA) is 68.3 Å². The van der Waals surface area contributed by atoms with Crippen LogP contribution in [0.5, 0.6) is 11.5 Å². The Morgan fingerprint density at radius 2 is 1.71 bits per heavy atom. The second kappa shape index (κ2) is 6.72. The highest BCUT2D eigenvalue weighted by Gasteiger charge is 2.14. The van der Waals surface area contributed by atoms with E-state index in [0.29, 0.717) is 12.3 Å². The number of hydrogen-bond acceptors (Lipinski definition) is 4. The minimum atomic E-state index is 0.410. The molecular formula is C20H20N2O2. The fourth-order valence-electron chi connectivity index (χ4n) is 2.93. The van der Waals surface area contributed by atoms with Crippen LogP contribution in [0.3, 0.4) is 0 Å². The molecule has 4 nitrogen and oxygen atoms in total. The Labute approximate surface area is 141 Å². The van der Waals surface area contributed by atoms with E-state index in [2.05, 4.69) is 0 Å². The molecule has 122 valence electrons. The van der Waals surface area contributed by atoms with Crippen LogP contribution in [-0.2, 0) is 6.54 Å². The summed E-state index contributed by atoms with van der Waals surface area (Å²) in [6.45, 7) is 0.410. The quantitative estimate of drug-likeness (QED) is 0.704. The van der Waals surface area contributed by atoms with Crippen molar-refractivity contribution in [3.63, 3.8) is 0 Å². The molecule has 0 aliphatic carbocycles. The van der Waals surface area contributed by atoms with Gasteiger partial charge < -0.3 is 15.2 Å². The van der Waals surface area contributed by atoms with Gasteiger partial charge in [0.2, 0.25) is 0 Å². The van der Waals surface area contributed by atoms with Gasteiger partial charge in [-0.15, -0.1) is 0 Å². The van der Waals surface area contributed by atoms with E-state index in [1.54, 1.807) is 14.2 Å². The summed E-state index contributed by atoms with van der Waals surface area (Å²) in [5.74, 6) is 1.56. The molecule has 0 saturated carbocycles. The molecule has 3 N–H and O–H groups in total. The Balaban J connectivity index is 2.19. The van der Waals surface area contributed by atoms with Crippen molar-refractivity contribution in [3.8, 4) is 11.5 Å². The molecule has 0 fully saturated rings. The second-order valence-electron chi connectivity index (χ2n) is 5.46. The first kappa shape index (κ1) is 16.0. The molecule has 0 saturated heterocycles. The van der Waals surface area contributed by atoms with Gasteiger partial charge in [-0.25, -0.2) is 0 Å². The van der Waals surface area contributed by atoms with Gasteiger partial charge in [0.15, 0.2) is 0 Å². The van der Waals surface area contributed by atoms with Crippen LogP contribution < -0.4 is 15.2 Å². The number of nitrogens with one attached hydrogen (secondary N) is 1. The number of methoxy groups -OCH3 is 2. The summed E-state index contributed by atoms with van der Waals surface area (Å²) >= 11 is 0. The lowest BCUT2D eigenvalue weighted by molar-refractivity contribution is 0.415. The maximum absolute atomic E-state index is 8.66. The first-order chi connectivity index (χ1) is 11.7. The second-order valence-corrected chi connectivity index (χ2v) is 5.46. The molecule has 0 aliphatic heterocycles. The lowest BCUT2D eigenvalue weighted by atomic mass is 9.93. The van der Waals surface area contributed by atoms with Gasteiger partial charge >= 0.3 is 0 Å². The molecule has 0 atom stereocenters. The van der Waals surface area contributed by atoms with E-state index >= 15 is 0 Å². The molecule has 0 radical (unpaired) electrons. The smallest absolute Gasteiger partial charge is 0.126 e. The van der Waals surface area contributed by atoms with Crippen molar-refractivity contribution in [2.75, 3.05) is 14.2 Å². The summed E-state index contributed by atoms with van der Waals surface area (Å²) in [6.07, 6.45) is 0. The van der Waals surface area contributed by atoms with Crippen molar-refractivity contribution in [2.24, 2.45) is 5.73 Å². The lowest BCUT2D eigenvalue weighted by Gasteiger charge is -2.15. The van der Waals surface area contributed by atoms with Crippen molar-refractivity contribution in [3.05, 3.63) is 71.3 Å². The van der Waals surface area contributed by atoms with Crippen molar-refractivity contribution in [1.82, 2.24) is 0 Å². The third kappa shape index (κ3) is 2.72. The Bertz CT molecular complexity index is 886. The first-order valence-corrected chi connectivity index (χ1v) is 7.71. The van der Waals surface area contributed by atoms with Crippen molar-refractivity contribution < 1.29 is 9.47 Å². The summed E-state index contributed by atoms with van der Waals surface area (Å²) in [5.41, 5.74) is 9.05. The van der Waals surface area contributed by atoms with E-state index < -0.39 is 0 Å². The van der Waals surface area contributed by atoms with Gasteiger partial charge in [-0.3, -0.25) is 5.41 Å². The molecule has 3 aromatic carbocycles.